The first-order chi connectivity index (χ1) is 48.3. The Kier molecular flexibility index (Phi) is 15.4. The highest BCUT2D eigenvalue weighted by atomic mass is 16.5. The lowest BCUT2D eigenvalue weighted by Gasteiger charge is -2.66. The smallest absolute Gasteiger partial charge is 0.149 e. The standard InChI is InChI=1S/C85H100N2O12/c1-4-47-37-62(48-12-9-14-54(88)35-48)50(39-68(47)90)34-51-36-57(97-56-15-5-6-16-56)42-65-75(92)67(45-96-76(51)65)73-70(17-11-31-93-2)98-77-59-21-19-55(89)41-63(59)71-43-66(77)78(73)99-80-61-20-18-52(40-69(61)91)85(80)53(13-10-32-95-71)44-86-84(87-85)46-81(26-7-8-27-81)83-30-29-82-28-24-58-49(25-33-94-3)38-64(74(58)82)60(79(83)84)22-23-72(82)83/h9,12,14,18-23,35-37,39,41-43,49,52-53,56,58,60-61,64,67,69-70,72-75,78-80,86-92H,4-8,11,15-17,24-34,38,40,44-46H2,1-3H3. The summed E-state index contributed by atoms with van der Waals surface area (Å²) >= 11 is 0. The summed E-state index contributed by atoms with van der Waals surface area (Å²) in [4.78, 5) is 0. The van der Waals surface area contributed by atoms with Crippen LogP contribution >= 0.6 is 0 Å². The molecule has 0 aromatic heterocycles. The van der Waals surface area contributed by atoms with E-state index in [2.05, 4.69) is 53.6 Å². The van der Waals surface area contributed by atoms with Gasteiger partial charge in [-0.25, -0.2) is 0 Å². The lowest BCUT2D eigenvalue weighted by atomic mass is 9.50. The maximum absolute atomic E-state index is 14.0. The minimum Gasteiger partial charge on any atom is -0.508 e. The molecule has 1 saturated heterocycles. The number of aliphatic hydroxyl groups excluding tert-OH is 2. The van der Waals surface area contributed by atoms with E-state index in [4.69, 9.17) is 38.5 Å². The number of allylic oxidation sites excluding steroid dienone is 2. The zero-order valence-electron chi connectivity index (χ0n) is 57.9. The van der Waals surface area contributed by atoms with Crippen LogP contribution in [0.25, 0.3) is 21.9 Å². The molecule has 21 atom stereocenters. The Morgan fingerprint density at radius 1 is 0.727 bits per heavy atom. The Balaban J connectivity index is 0.770. The molecule has 15 aliphatic rings. The maximum Gasteiger partial charge on any atom is 0.149 e. The number of phenolic OH excluding ortho intramolecular Hbond substituents is 3. The fourth-order valence-corrected chi connectivity index (χ4v) is 26.2. The molecule has 4 aliphatic heterocycles. The molecule has 14 nitrogen and oxygen atoms in total. The third-order valence-corrected chi connectivity index (χ3v) is 29.6. The van der Waals surface area contributed by atoms with E-state index in [-0.39, 0.29) is 59.2 Å². The largest absolute Gasteiger partial charge is 0.508 e. The van der Waals surface area contributed by atoms with Gasteiger partial charge in [0.05, 0.1) is 54.2 Å². The molecule has 11 aliphatic carbocycles. The van der Waals surface area contributed by atoms with Crippen LogP contribution in [0, 0.1) is 99.1 Å². The first-order valence-corrected chi connectivity index (χ1v) is 38.4. The van der Waals surface area contributed by atoms with Crippen LogP contribution in [0.5, 0.6) is 40.2 Å². The molecular weight excluding hydrogens is 1240 g/mol. The zero-order chi connectivity index (χ0) is 66.9. The summed E-state index contributed by atoms with van der Waals surface area (Å²) in [7, 11) is 3.62. The minimum absolute atomic E-state index is 0.0182. The first kappa shape index (κ1) is 63.6. The van der Waals surface area contributed by atoms with Crippen molar-refractivity contribution in [3.63, 3.8) is 0 Å². The second-order valence-corrected chi connectivity index (χ2v) is 33.5. The lowest BCUT2D eigenvalue weighted by molar-refractivity contribution is -0.212. The molecule has 5 spiro atoms. The number of ether oxygens (including phenoxy) is 7. The Hall–Kier alpha value is -6.28. The quantitative estimate of drug-likeness (QED) is 0.0316. The molecule has 0 amide bonds. The normalized spacial score (nSPS) is 39.5. The minimum atomic E-state index is -1.10. The van der Waals surface area contributed by atoms with E-state index in [0.29, 0.717) is 114 Å². The van der Waals surface area contributed by atoms with Gasteiger partial charge >= 0.3 is 0 Å². The number of aliphatic hydroxyl groups is 2. The Morgan fingerprint density at radius 3 is 2.40 bits per heavy atom. The van der Waals surface area contributed by atoms with Crippen LogP contribution in [0.4, 0.5) is 0 Å². The SMILES string of the molecule is CCc1cc(-c2cccc(O)c2)c(Cc2cc(OC3CCCC3)cc3c2OCC(C2C(CCCOC)Oc4c5cc(c6cc(O)ccc46)OCC#CC4CNC6(CC7(CCCC7)C78CCC9%10CCC%11C(CCOC)CC(C(C=CC97)C68)C%11%10)NC46C4C=CC(C(O)C4)C6OC52)C3O)cc1O. The van der Waals surface area contributed by atoms with E-state index in [1.165, 1.54) is 57.8 Å². The number of methoxy groups -OCH3 is 2. The van der Waals surface area contributed by atoms with Crippen molar-refractivity contribution in [1.82, 2.24) is 10.6 Å². The molecule has 0 radical (unpaired) electrons. The van der Waals surface area contributed by atoms with Gasteiger partial charge in [0.1, 0.15) is 53.0 Å². The van der Waals surface area contributed by atoms with Crippen LogP contribution in [0.1, 0.15) is 163 Å². The van der Waals surface area contributed by atoms with Gasteiger partial charge in [0.25, 0.3) is 0 Å². The number of fused-ring (bicyclic) bond motifs is 7. The molecule has 99 heavy (non-hydrogen) atoms. The van der Waals surface area contributed by atoms with Crippen molar-refractivity contribution in [2.75, 3.05) is 47.2 Å². The molecule has 21 unspecified atom stereocenters. The number of aryl methyl sites for hydroxylation is 1. The van der Waals surface area contributed by atoms with E-state index >= 15 is 0 Å². The monoisotopic (exact) mass is 1340 g/mol. The van der Waals surface area contributed by atoms with Crippen molar-refractivity contribution in [1.29, 1.82) is 0 Å². The predicted molar refractivity (Wildman–Crippen MR) is 377 cm³/mol. The summed E-state index contributed by atoms with van der Waals surface area (Å²) in [5, 5.41) is 71.7. The highest BCUT2D eigenvalue weighted by Gasteiger charge is 2.84. The number of nitrogens with one attached hydrogen (secondary N) is 2. The van der Waals surface area contributed by atoms with Crippen LogP contribution in [0.2, 0.25) is 0 Å². The highest BCUT2D eigenvalue weighted by molar-refractivity contribution is 5.96. The molecule has 14 heteroatoms. The third-order valence-electron chi connectivity index (χ3n) is 29.6. The fraction of sp³-hybridized carbons (Fsp3) is 0.600. The van der Waals surface area contributed by atoms with Crippen molar-refractivity contribution < 1.29 is 58.7 Å². The predicted octanol–water partition coefficient (Wildman–Crippen LogP) is 14.1. The zero-order valence-corrected chi connectivity index (χ0v) is 57.9. The molecule has 522 valence electrons. The van der Waals surface area contributed by atoms with Crippen LogP contribution in [-0.4, -0.2) is 108 Å². The van der Waals surface area contributed by atoms with E-state index in [9.17, 15) is 25.5 Å². The molecule has 8 saturated carbocycles. The number of aromatic hydroxyl groups is 3. The number of hydrogen-bond donors (Lipinski definition) is 7. The van der Waals surface area contributed by atoms with Gasteiger partial charge in [-0.1, -0.05) is 68.0 Å². The van der Waals surface area contributed by atoms with Gasteiger partial charge in [-0.3, -0.25) is 10.6 Å². The molecule has 5 aromatic carbocycles. The highest BCUT2D eigenvalue weighted by Crippen LogP contribution is 2.86. The summed E-state index contributed by atoms with van der Waals surface area (Å²) in [6, 6.07) is 22.7. The van der Waals surface area contributed by atoms with Crippen LogP contribution < -0.4 is 29.6 Å². The molecule has 5 aromatic rings. The molecular formula is C85H100N2O12. The number of hydrogen-bond acceptors (Lipinski definition) is 14. The van der Waals surface area contributed by atoms with Gasteiger partial charge in [0.2, 0.25) is 0 Å². The van der Waals surface area contributed by atoms with Gasteiger partial charge in [-0.15, -0.1) is 0 Å². The second kappa shape index (κ2) is 23.9. The van der Waals surface area contributed by atoms with Crippen molar-refractivity contribution in [2.24, 2.45) is 87.3 Å². The topological polar surface area (TPSA) is 190 Å². The molecule has 8 bridgehead atoms. The average Bonchev–Trinajstić information content (AvgIpc) is 1.46. The Morgan fingerprint density at radius 2 is 1.58 bits per heavy atom. The van der Waals surface area contributed by atoms with Gasteiger partial charge in [0.15, 0.2) is 0 Å². The first-order valence-electron chi connectivity index (χ1n) is 38.4. The van der Waals surface area contributed by atoms with Crippen molar-refractivity contribution >= 4 is 10.8 Å². The van der Waals surface area contributed by atoms with Crippen molar-refractivity contribution in [3.05, 3.63) is 125 Å². The second-order valence-electron chi connectivity index (χ2n) is 33.5. The summed E-state index contributed by atoms with van der Waals surface area (Å²) < 4.78 is 49.4. The molecule has 20 rings (SSSR count). The van der Waals surface area contributed by atoms with Crippen LogP contribution in [-0.2, 0) is 27.1 Å². The third kappa shape index (κ3) is 9.30. The van der Waals surface area contributed by atoms with E-state index in [1.54, 1.807) is 31.4 Å². The average molecular weight is 1340 g/mol. The van der Waals surface area contributed by atoms with Gasteiger partial charge in [-0.2, -0.15) is 0 Å². The molecule has 4 heterocycles. The van der Waals surface area contributed by atoms with E-state index in [0.717, 1.165) is 95.7 Å². The van der Waals surface area contributed by atoms with Crippen LogP contribution in [0.15, 0.2) is 97.1 Å². The Labute approximate surface area is 582 Å². The van der Waals surface area contributed by atoms with Gasteiger partial charge in [-0.05, 0) is 244 Å². The number of rotatable bonds is 14. The summed E-state index contributed by atoms with van der Waals surface area (Å²) in [6.07, 6.45) is 27.5. The number of phenols is 3. The molecule has 7 N–H and O–H groups in total. The van der Waals surface area contributed by atoms with Crippen LogP contribution in [0.3, 0.4) is 0 Å². The summed E-state index contributed by atoms with van der Waals surface area (Å²) in [5.74, 6) is 12.7. The van der Waals surface area contributed by atoms with E-state index in [1.807, 2.05) is 50.4 Å². The van der Waals surface area contributed by atoms with Gasteiger partial charge in [0, 0.05) is 97.5 Å². The molecule has 9 fully saturated rings. The van der Waals surface area contributed by atoms with E-state index < -0.39 is 59.5 Å². The number of benzene rings is 5. The van der Waals surface area contributed by atoms with Gasteiger partial charge < -0.3 is 58.7 Å². The summed E-state index contributed by atoms with van der Waals surface area (Å²) in [5.41, 5.74) is 5.03. The van der Waals surface area contributed by atoms with Crippen molar-refractivity contribution in [3.8, 4) is 63.2 Å². The lowest BCUT2D eigenvalue weighted by Crippen LogP contribution is -2.83. The van der Waals surface area contributed by atoms with Crippen molar-refractivity contribution in [2.45, 2.75) is 183 Å². The maximum atomic E-state index is 14.0. The summed E-state index contributed by atoms with van der Waals surface area (Å²) in [6.45, 7) is 4.26. The Bertz CT molecular complexity index is 4140. The fourth-order valence-electron chi connectivity index (χ4n) is 26.2.